The third kappa shape index (κ3) is 11.4. The molecule has 1 amide bonds. The highest BCUT2D eigenvalue weighted by Gasteiger charge is 2.31. The minimum atomic E-state index is -1.24. The van der Waals surface area contributed by atoms with Gasteiger partial charge in [0.25, 0.3) is 5.91 Å². The molecule has 2 atom stereocenters. The Hall–Kier alpha value is -6.46. The first-order valence-electron chi connectivity index (χ1n) is 23.8. The van der Waals surface area contributed by atoms with E-state index in [4.69, 9.17) is 28.4 Å². The lowest BCUT2D eigenvalue weighted by atomic mass is 10.0. The summed E-state index contributed by atoms with van der Waals surface area (Å²) in [4.78, 5) is 61.4. The number of carboxylic acids is 1. The molecule has 6 aromatic rings. The second kappa shape index (κ2) is 22.8. The van der Waals surface area contributed by atoms with Gasteiger partial charge in [0.1, 0.15) is 46.1 Å². The van der Waals surface area contributed by atoms with Gasteiger partial charge in [0.2, 0.25) is 10.9 Å². The molecule has 0 unspecified atom stereocenters. The minimum Gasteiger partial charge on any atom is -0.488 e. The maximum absolute atomic E-state index is 13.5. The Morgan fingerprint density at radius 3 is 1.65 bits per heavy atom. The Balaban J connectivity index is 0.000000161. The van der Waals surface area contributed by atoms with E-state index in [2.05, 4.69) is 34.2 Å². The van der Waals surface area contributed by atoms with Crippen molar-refractivity contribution in [2.24, 2.45) is 5.92 Å². The van der Waals surface area contributed by atoms with Gasteiger partial charge < -0.3 is 47.6 Å². The van der Waals surface area contributed by atoms with E-state index in [0.717, 1.165) is 45.5 Å². The van der Waals surface area contributed by atoms with E-state index < -0.39 is 11.4 Å². The Morgan fingerprint density at radius 2 is 1.19 bits per heavy atom. The fourth-order valence-electron chi connectivity index (χ4n) is 9.60. The number of aromatic carboxylic acids is 1. The zero-order valence-electron chi connectivity index (χ0n) is 39.8. The lowest BCUT2D eigenvalue weighted by Gasteiger charge is -2.35. The number of morpholine rings is 1. The maximum Gasteiger partial charge on any atom is 0.341 e. The number of carboxylic acid groups (broad SMARTS) is 1. The van der Waals surface area contributed by atoms with Gasteiger partial charge >= 0.3 is 5.97 Å². The van der Waals surface area contributed by atoms with Crippen LogP contribution in [0.3, 0.4) is 0 Å². The summed E-state index contributed by atoms with van der Waals surface area (Å²) in [5.41, 5.74) is 5.13. The minimum absolute atomic E-state index is 0.00184. The van der Waals surface area contributed by atoms with E-state index in [1.807, 2.05) is 42.7 Å². The lowest BCUT2D eigenvalue weighted by molar-refractivity contribution is -0.0252. The predicted octanol–water partition coefficient (Wildman–Crippen LogP) is 6.17. The number of fused-ring (bicyclic) bond motifs is 4. The number of carbonyl (C=O) groups excluding carboxylic acids is 1. The molecule has 16 nitrogen and oxygen atoms in total. The van der Waals surface area contributed by atoms with Crippen molar-refractivity contribution in [2.75, 3.05) is 60.4 Å². The molecule has 2 aromatic carbocycles. The molecular formula is C53H61N5O11. The van der Waals surface area contributed by atoms with Crippen LogP contribution in [0.2, 0.25) is 0 Å². The molecule has 0 saturated carbocycles. The molecule has 0 radical (unpaired) electrons. The first-order valence-corrected chi connectivity index (χ1v) is 23.8. The molecule has 2 fully saturated rings. The molecule has 2 saturated heterocycles. The van der Waals surface area contributed by atoms with Gasteiger partial charge in [-0.25, -0.2) is 14.8 Å². The van der Waals surface area contributed by atoms with Crippen molar-refractivity contribution in [2.45, 2.75) is 83.7 Å². The number of nitrogens with zero attached hydrogens (tertiary/aromatic N) is 5. The van der Waals surface area contributed by atoms with Gasteiger partial charge in [-0.05, 0) is 61.1 Å². The standard InChI is InChI=1S/C26H29N3O5.C20H18N2O4.C7H14O2/c1-3-28-14-23(26(31)29-8-9-33-16-19(29)15-32-2)24(30)22-12-21(13-27-25(22)28)34-20-10-17-6-4-5-7-18(17)11-20;1-2-22-11-17(20(24)25)18(23)16-9-15(10-21-19(16)22)26-14-7-12-5-3-4-6-13(12)8-14;1-8-5-7-3-2-4-9-6-7/h4-7,12-14,19-20H,3,8-11,15-16H2,1-2H3;3-6,9-11,14H,2,7-8H2,1H3,(H,24,25);7H,2-6H2,1H3/t19-;;7-/m0.0/s1. The molecule has 0 bridgehead atoms. The lowest BCUT2D eigenvalue weighted by Crippen LogP contribution is -2.51. The molecule has 69 heavy (non-hydrogen) atoms. The summed E-state index contributed by atoms with van der Waals surface area (Å²) in [6, 6.07) is 19.6. The quantitative estimate of drug-likeness (QED) is 0.147. The molecule has 0 spiro atoms. The molecule has 6 heterocycles. The summed E-state index contributed by atoms with van der Waals surface area (Å²) in [6.07, 6.45) is 11.9. The second-order valence-electron chi connectivity index (χ2n) is 17.8. The molecule has 10 rings (SSSR count). The van der Waals surface area contributed by atoms with Gasteiger partial charge in [0.15, 0.2) is 0 Å². The number of ether oxygens (including phenoxy) is 6. The van der Waals surface area contributed by atoms with E-state index in [9.17, 15) is 24.3 Å². The summed E-state index contributed by atoms with van der Waals surface area (Å²) in [5.74, 6) is 0.133. The number of carbonyl (C=O) groups is 2. The van der Waals surface area contributed by atoms with Crippen molar-refractivity contribution in [1.82, 2.24) is 24.0 Å². The summed E-state index contributed by atoms with van der Waals surface area (Å²) < 4.78 is 36.8. The van der Waals surface area contributed by atoms with Crippen molar-refractivity contribution in [1.29, 1.82) is 0 Å². The number of methoxy groups -OCH3 is 2. The maximum atomic E-state index is 13.5. The van der Waals surface area contributed by atoms with Crippen LogP contribution in [0, 0.1) is 5.92 Å². The van der Waals surface area contributed by atoms with Crippen LogP contribution in [0.5, 0.6) is 11.5 Å². The first-order chi connectivity index (χ1) is 33.6. The summed E-state index contributed by atoms with van der Waals surface area (Å²) in [7, 11) is 3.34. The van der Waals surface area contributed by atoms with Crippen LogP contribution in [0.15, 0.2) is 95.0 Å². The van der Waals surface area contributed by atoms with Crippen LogP contribution in [0.25, 0.3) is 22.1 Å². The van der Waals surface area contributed by atoms with Crippen molar-refractivity contribution >= 4 is 33.9 Å². The van der Waals surface area contributed by atoms with Crippen molar-refractivity contribution < 1.29 is 43.1 Å². The zero-order chi connectivity index (χ0) is 48.4. The number of aryl methyl sites for hydroxylation is 2. The van der Waals surface area contributed by atoms with Gasteiger partial charge in [-0.3, -0.25) is 14.4 Å². The van der Waals surface area contributed by atoms with Crippen LogP contribution in [-0.4, -0.2) is 120 Å². The van der Waals surface area contributed by atoms with Gasteiger partial charge in [-0.2, -0.15) is 0 Å². The Labute approximate surface area is 400 Å². The first kappa shape index (κ1) is 49.0. The van der Waals surface area contributed by atoms with E-state index in [-0.39, 0.29) is 46.1 Å². The largest absolute Gasteiger partial charge is 0.488 e. The third-order valence-corrected chi connectivity index (χ3v) is 13.1. The van der Waals surface area contributed by atoms with E-state index in [1.54, 1.807) is 54.4 Å². The SMILES string of the molecule is CCn1cc(C(=O)N2CCOC[C@@H]2COC)c(=O)c2cc(OC3Cc4ccccc4C3)cnc21.CCn1cc(C(=O)O)c(=O)c2cc(OC3Cc4ccccc4C3)cnc21.COC[C@@H]1CCCOC1. The molecular weight excluding hydrogens is 883 g/mol. The van der Waals surface area contributed by atoms with Crippen LogP contribution in [0.4, 0.5) is 0 Å². The molecule has 364 valence electrons. The molecule has 4 aromatic heterocycles. The van der Waals surface area contributed by atoms with Crippen molar-refractivity contribution in [3.8, 4) is 11.5 Å². The molecule has 16 heteroatoms. The number of pyridine rings is 4. The topological polar surface area (TPSA) is 183 Å². The van der Waals surface area contributed by atoms with Crippen molar-refractivity contribution in [3.05, 3.63) is 139 Å². The number of amides is 1. The van der Waals surface area contributed by atoms with Gasteiger partial charge in [0, 0.05) is 84.5 Å². The van der Waals surface area contributed by atoms with Crippen molar-refractivity contribution in [3.63, 3.8) is 0 Å². The number of hydrogen-bond donors (Lipinski definition) is 1. The normalized spacial score (nSPS) is 17.9. The van der Waals surface area contributed by atoms with E-state index in [0.29, 0.717) is 73.6 Å². The number of benzene rings is 2. The average molecular weight is 944 g/mol. The third-order valence-electron chi connectivity index (χ3n) is 13.1. The zero-order valence-corrected chi connectivity index (χ0v) is 39.8. The highest BCUT2D eigenvalue weighted by molar-refractivity contribution is 5.97. The number of hydrogen-bond acceptors (Lipinski definition) is 12. The van der Waals surface area contributed by atoms with E-state index >= 15 is 0 Å². The number of rotatable bonds is 12. The number of aromatic nitrogens is 4. The summed E-state index contributed by atoms with van der Waals surface area (Å²) >= 11 is 0. The Morgan fingerprint density at radius 1 is 0.696 bits per heavy atom. The fourth-order valence-corrected chi connectivity index (χ4v) is 9.60. The highest BCUT2D eigenvalue weighted by atomic mass is 16.5. The van der Waals surface area contributed by atoms with Crippen LogP contribution in [-0.2, 0) is 57.7 Å². The van der Waals surface area contributed by atoms with E-state index in [1.165, 1.54) is 41.3 Å². The van der Waals surface area contributed by atoms with Crippen LogP contribution >= 0.6 is 0 Å². The Kier molecular flexibility index (Phi) is 16.2. The summed E-state index contributed by atoms with van der Waals surface area (Å²) in [6.45, 7) is 9.22. The highest BCUT2D eigenvalue weighted by Crippen LogP contribution is 2.28. The monoisotopic (exact) mass is 943 g/mol. The average Bonchev–Trinajstić information content (AvgIpc) is 3.98. The summed E-state index contributed by atoms with van der Waals surface area (Å²) in [5, 5.41) is 9.93. The van der Waals surface area contributed by atoms with Crippen LogP contribution < -0.4 is 20.3 Å². The van der Waals surface area contributed by atoms with Gasteiger partial charge in [0.05, 0.1) is 62.2 Å². The van der Waals surface area contributed by atoms with Gasteiger partial charge in [-0.15, -0.1) is 0 Å². The fraction of sp³-hybridized carbons (Fsp3) is 0.434. The molecule has 4 aliphatic rings. The molecule has 2 aliphatic carbocycles. The second-order valence-corrected chi connectivity index (χ2v) is 17.8. The van der Waals surface area contributed by atoms with Crippen LogP contribution in [0.1, 0.15) is 69.7 Å². The Bertz CT molecular complexity index is 2840. The predicted molar refractivity (Wildman–Crippen MR) is 260 cm³/mol. The molecule has 2 aliphatic heterocycles. The van der Waals surface area contributed by atoms with Gasteiger partial charge in [-0.1, -0.05) is 48.5 Å². The molecule has 1 N–H and O–H groups in total. The smallest absolute Gasteiger partial charge is 0.341 e.